The van der Waals surface area contributed by atoms with Crippen molar-refractivity contribution in [3.8, 4) is 0 Å². The van der Waals surface area contributed by atoms with Gasteiger partial charge in [0.05, 0.1) is 6.33 Å². The van der Waals surface area contributed by atoms with Crippen LogP contribution in [0.3, 0.4) is 0 Å². The monoisotopic (exact) mass is 269 g/mol. The van der Waals surface area contributed by atoms with E-state index in [1.54, 1.807) is 0 Å². The van der Waals surface area contributed by atoms with Gasteiger partial charge in [0, 0.05) is 31.0 Å². The SMILES string of the molecule is O=C1CCc2cc(CCCCn3ccnc3)ccc2N1. The fourth-order valence-corrected chi connectivity index (χ4v) is 2.63. The van der Waals surface area contributed by atoms with E-state index in [4.69, 9.17) is 0 Å². The number of imidazole rings is 1. The molecule has 0 spiro atoms. The highest BCUT2D eigenvalue weighted by Crippen LogP contribution is 2.24. The minimum Gasteiger partial charge on any atom is -0.337 e. The Balaban J connectivity index is 1.52. The van der Waals surface area contributed by atoms with Crippen LogP contribution in [0, 0.1) is 0 Å². The van der Waals surface area contributed by atoms with Crippen LogP contribution >= 0.6 is 0 Å². The third-order valence-corrected chi connectivity index (χ3v) is 3.76. The number of amides is 1. The summed E-state index contributed by atoms with van der Waals surface area (Å²) < 4.78 is 2.11. The quantitative estimate of drug-likeness (QED) is 0.848. The van der Waals surface area contributed by atoms with Gasteiger partial charge in [0.1, 0.15) is 0 Å². The lowest BCUT2D eigenvalue weighted by Crippen LogP contribution is -2.18. The molecule has 0 radical (unpaired) electrons. The lowest BCUT2D eigenvalue weighted by Gasteiger charge is -2.17. The second-order valence-corrected chi connectivity index (χ2v) is 5.30. The van der Waals surface area contributed by atoms with Gasteiger partial charge in [0.2, 0.25) is 5.91 Å². The van der Waals surface area contributed by atoms with Crippen LogP contribution in [0.15, 0.2) is 36.9 Å². The third-order valence-electron chi connectivity index (χ3n) is 3.76. The number of benzene rings is 1. The van der Waals surface area contributed by atoms with Gasteiger partial charge in [-0.05, 0) is 42.9 Å². The molecule has 4 nitrogen and oxygen atoms in total. The summed E-state index contributed by atoms with van der Waals surface area (Å²) in [5, 5.41) is 2.92. The van der Waals surface area contributed by atoms with E-state index in [1.165, 1.54) is 17.5 Å². The van der Waals surface area contributed by atoms with Crippen molar-refractivity contribution in [1.82, 2.24) is 9.55 Å². The van der Waals surface area contributed by atoms with Gasteiger partial charge in [-0.25, -0.2) is 4.98 Å². The summed E-state index contributed by atoms with van der Waals surface area (Å²) in [7, 11) is 0. The summed E-state index contributed by atoms with van der Waals surface area (Å²) in [4.78, 5) is 15.4. The molecular weight excluding hydrogens is 250 g/mol. The van der Waals surface area contributed by atoms with Gasteiger partial charge >= 0.3 is 0 Å². The van der Waals surface area contributed by atoms with Gasteiger partial charge in [-0.1, -0.05) is 12.1 Å². The van der Waals surface area contributed by atoms with Gasteiger partial charge in [0.25, 0.3) is 0 Å². The maximum Gasteiger partial charge on any atom is 0.224 e. The molecule has 0 aliphatic carbocycles. The molecular formula is C16H19N3O. The van der Waals surface area contributed by atoms with Gasteiger partial charge in [0.15, 0.2) is 0 Å². The molecule has 0 saturated heterocycles. The molecule has 0 saturated carbocycles. The van der Waals surface area contributed by atoms with Crippen LogP contribution in [0.2, 0.25) is 0 Å². The lowest BCUT2D eigenvalue weighted by atomic mass is 9.98. The number of unbranched alkanes of at least 4 members (excludes halogenated alkanes) is 1. The number of fused-ring (bicyclic) bond motifs is 1. The molecule has 0 fully saturated rings. The predicted octanol–water partition coefficient (Wildman–Crippen LogP) is 2.79. The molecule has 0 bridgehead atoms. The van der Waals surface area contributed by atoms with Gasteiger partial charge in [-0.15, -0.1) is 0 Å². The summed E-state index contributed by atoms with van der Waals surface area (Å²) in [6.07, 6.45) is 10.6. The van der Waals surface area contributed by atoms with Gasteiger partial charge in [-0.2, -0.15) is 0 Å². The number of carbonyl (C=O) groups is 1. The van der Waals surface area contributed by atoms with Crippen LogP contribution in [-0.2, 0) is 24.2 Å². The zero-order valence-electron chi connectivity index (χ0n) is 11.5. The Kier molecular flexibility index (Phi) is 3.81. The summed E-state index contributed by atoms with van der Waals surface area (Å²) >= 11 is 0. The molecule has 0 unspecified atom stereocenters. The fourth-order valence-electron chi connectivity index (χ4n) is 2.63. The minimum absolute atomic E-state index is 0.130. The van der Waals surface area contributed by atoms with Crippen molar-refractivity contribution in [2.45, 2.75) is 38.6 Å². The molecule has 1 aliphatic rings. The molecule has 2 heterocycles. The number of rotatable bonds is 5. The molecule has 1 aromatic carbocycles. The molecule has 2 aromatic rings. The highest BCUT2D eigenvalue weighted by atomic mass is 16.1. The van der Waals surface area contributed by atoms with Crippen LogP contribution < -0.4 is 5.32 Å². The Morgan fingerprint density at radius 1 is 1.25 bits per heavy atom. The molecule has 104 valence electrons. The Morgan fingerprint density at radius 3 is 3.05 bits per heavy atom. The Bertz CT molecular complexity index is 590. The number of aryl methyl sites for hydroxylation is 3. The van der Waals surface area contributed by atoms with Crippen molar-refractivity contribution in [2.24, 2.45) is 0 Å². The third kappa shape index (κ3) is 3.07. The van der Waals surface area contributed by atoms with Crippen LogP contribution in [0.25, 0.3) is 0 Å². The number of aromatic nitrogens is 2. The normalized spacial score (nSPS) is 13.9. The Hall–Kier alpha value is -2.10. The molecule has 1 aliphatic heterocycles. The summed E-state index contributed by atoms with van der Waals surface area (Å²) in [5.41, 5.74) is 3.63. The van der Waals surface area contributed by atoms with Crippen molar-refractivity contribution >= 4 is 11.6 Å². The highest BCUT2D eigenvalue weighted by molar-refractivity contribution is 5.93. The maximum absolute atomic E-state index is 11.3. The number of hydrogen-bond acceptors (Lipinski definition) is 2. The van der Waals surface area contributed by atoms with Crippen molar-refractivity contribution in [3.05, 3.63) is 48.0 Å². The van der Waals surface area contributed by atoms with Crippen LogP contribution in [0.1, 0.15) is 30.4 Å². The molecule has 20 heavy (non-hydrogen) atoms. The summed E-state index contributed by atoms with van der Waals surface area (Å²) in [5.74, 6) is 0.130. The van der Waals surface area contributed by atoms with Crippen LogP contribution in [0.4, 0.5) is 5.69 Å². The number of hydrogen-bond donors (Lipinski definition) is 1. The second-order valence-electron chi connectivity index (χ2n) is 5.30. The van der Waals surface area contributed by atoms with E-state index >= 15 is 0 Å². The first-order chi connectivity index (χ1) is 9.81. The molecule has 1 N–H and O–H groups in total. The number of carbonyl (C=O) groups excluding carboxylic acids is 1. The zero-order chi connectivity index (χ0) is 13.8. The van der Waals surface area contributed by atoms with E-state index in [1.807, 2.05) is 24.8 Å². The van der Waals surface area contributed by atoms with E-state index < -0.39 is 0 Å². The minimum atomic E-state index is 0.130. The standard InChI is InChI=1S/C16H19N3O/c20-16-7-5-14-11-13(4-6-15(14)18-16)3-1-2-9-19-10-8-17-12-19/h4,6,8,10-12H,1-3,5,7,9H2,(H,18,20). The van der Waals surface area contributed by atoms with E-state index in [0.29, 0.717) is 6.42 Å². The molecule has 4 heteroatoms. The summed E-state index contributed by atoms with van der Waals surface area (Å²) in [6.45, 7) is 1.03. The largest absolute Gasteiger partial charge is 0.337 e. The topological polar surface area (TPSA) is 46.9 Å². The number of nitrogens with zero attached hydrogens (tertiary/aromatic N) is 2. The lowest BCUT2D eigenvalue weighted by molar-refractivity contribution is -0.116. The number of nitrogens with one attached hydrogen (secondary N) is 1. The first kappa shape index (κ1) is 12.9. The van der Waals surface area contributed by atoms with Crippen molar-refractivity contribution in [2.75, 3.05) is 5.32 Å². The van der Waals surface area contributed by atoms with E-state index in [-0.39, 0.29) is 5.91 Å². The van der Waals surface area contributed by atoms with Crippen molar-refractivity contribution in [1.29, 1.82) is 0 Å². The summed E-state index contributed by atoms with van der Waals surface area (Å²) in [6, 6.07) is 6.41. The first-order valence-corrected chi connectivity index (χ1v) is 7.19. The van der Waals surface area contributed by atoms with E-state index in [9.17, 15) is 4.79 Å². The number of anilines is 1. The molecule has 1 amide bonds. The Labute approximate surface area is 118 Å². The second kappa shape index (κ2) is 5.90. The molecule has 3 rings (SSSR count). The maximum atomic E-state index is 11.3. The smallest absolute Gasteiger partial charge is 0.224 e. The fraction of sp³-hybridized carbons (Fsp3) is 0.375. The van der Waals surface area contributed by atoms with Crippen molar-refractivity contribution < 1.29 is 4.79 Å². The average Bonchev–Trinajstić information content (AvgIpc) is 2.97. The first-order valence-electron chi connectivity index (χ1n) is 7.19. The van der Waals surface area contributed by atoms with Crippen LogP contribution in [-0.4, -0.2) is 15.5 Å². The van der Waals surface area contributed by atoms with Gasteiger partial charge in [-0.3, -0.25) is 4.79 Å². The van der Waals surface area contributed by atoms with Crippen molar-refractivity contribution in [3.63, 3.8) is 0 Å². The zero-order valence-corrected chi connectivity index (χ0v) is 11.5. The van der Waals surface area contributed by atoms with E-state index in [2.05, 4.69) is 27.0 Å². The van der Waals surface area contributed by atoms with Gasteiger partial charge < -0.3 is 9.88 Å². The van der Waals surface area contributed by atoms with E-state index in [0.717, 1.165) is 31.5 Å². The molecule has 1 aromatic heterocycles. The highest BCUT2D eigenvalue weighted by Gasteiger charge is 2.14. The van der Waals surface area contributed by atoms with Crippen LogP contribution in [0.5, 0.6) is 0 Å². The Morgan fingerprint density at radius 2 is 2.20 bits per heavy atom. The average molecular weight is 269 g/mol. The molecule has 0 atom stereocenters. The predicted molar refractivity (Wildman–Crippen MR) is 78.6 cm³/mol.